The van der Waals surface area contributed by atoms with Gasteiger partial charge in [-0.15, -0.1) is 0 Å². The molecule has 0 saturated heterocycles. The zero-order chi connectivity index (χ0) is 18.2. The van der Waals surface area contributed by atoms with E-state index in [4.69, 9.17) is 4.74 Å². The molecule has 10 heteroatoms. The van der Waals surface area contributed by atoms with Gasteiger partial charge < -0.3 is 4.74 Å². The molecule has 0 aliphatic heterocycles. The highest BCUT2D eigenvalue weighted by atomic mass is 16.6. The standard InChI is InChI=1S/C15H12N4O6/c20-15(10-25-14-6-4-12(5-7-14)18(21)22)17-16-9-11-2-1-3-13(8-11)19(23)24/h1-9H,10H2,(H,17,20)/b16-9+. The number of carbonyl (C=O) groups is 1. The molecule has 2 rings (SSSR count). The van der Waals surface area contributed by atoms with Crippen LogP contribution in [0.4, 0.5) is 11.4 Å². The molecule has 0 atom stereocenters. The maximum Gasteiger partial charge on any atom is 0.277 e. The van der Waals surface area contributed by atoms with Crippen molar-refractivity contribution in [2.75, 3.05) is 6.61 Å². The fourth-order valence-electron chi connectivity index (χ4n) is 1.74. The average Bonchev–Trinajstić information content (AvgIpc) is 2.60. The number of amides is 1. The van der Waals surface area contributed by atoms with Gasteiger partial charge in [0.1, 0.15) is 5.75 Å². The molecule has 0 aliphatic carbocycles. The van der Waals surface area contributed by atoms with Crippen LogP contribution in [0, 0.1) is 20.2 Å². The lowest BCUT2D eigenvalue weighted by atomic mass is 10.2. The normalized spacial score (nSPS) is 10.4. The molecular formula is C15H12N4O6. The summed E-state index contributed by atoms with van der Waals surface area (Å²) in [6.45, 7) is -0.343. The Bertz CT molecular complexity index is 819. The maximum absolute atomic E-state index is 11.6. The Morgan fingerprint density at radius 1 is 1.08 bits per heavy atom. The molecule has 0 saturated carbocycles. The number of carbonyl (C=O) groups excluding carboxylic acids is 1. The van der Waals surface area contributed by atoms with E-state index in [1.54, 1.807) is 6.07 Å². The zero-order valence-electron chi connectivity index (χ0n) is 12.7. The molecule has 1 amide bonds. The number of hydrogen-bond acceptors (Lipinski definition) is 7. The molecule has 1 N–H and O–H groups in total. The van der Waals surface area contributed by atoms with Gasteiger partial charge in [-0.2, -0.15) is 5.10 Å². The van der Waals surface area contributed by atoms with Gasteiger partial charge in [0.25, 0.3) is 17.3 Å². The Labute approximate surface area is 141 Å². The van der Waals surface area contributed by atoms with Crippen LogP contribution in [0.2, 0.25) is 0 Å². The average molecular weight is 344 g/mol. The molecule has 0 aromatic heterocycles. The molecule has 10 nitrogen and oxygen atoms in total. The van der Waals surface area contributed by atoms with Crippen molar-refractivity contribution in [3.8, 4) is 5.75 Å². The maximum atomic E-state index is 11.6. The highest BCUT2D eigenvalue weighted by Gasteiger charge is 2.06. The van der Waals surface area contributed by atoms with E-state index in [2.05, 4.69) is 10.5 Å². The van der Waals surface area contributed by atoms with E-state index in [0.717, 1.165) is 0 Å². The Kier molecular flexibility index (Phi) is 5.72. The number of hydrogen-bond donors (Lipinski definition) is 1. The van der Waals surface area contributed by atoms with Crippen molar-refractivity contribution in [2.24, 2.45) is 5.10 Å². The summed E-state index contributed by atoms with van der Waals surface area (Å²) in [4.78, 5) is 31.7. The second kappa shape index (κ2) is 8.15. The van der Waals surface area contributed by atoms with Gasteiger partial charge in [-0.3, -0.25) is 25.0 Å². The summed E-state index contributed by atoms with van der Waals surface area (Å²) in [5.41, 5.74) is 2.49. The zero-order valence-corrected chi connectivity index (χ0v) is 12.7. The third kappa shape index (κ3) is 5.39. The summed E-state index contributed by atoms with van der Waals surface area (Å²) in [7, 11) is 0. The predicted octanol–water partition coefficient (Wildman–Crippen LogP) is 2.03. The number of nitrogens with one attached hydrogen (secondary N) is 1. The summed E-state index contributed by atoms with van der Waals surface area (Å²) < 4.78 is 5.16. The van der Waals surface area contributed by atoms with E-state index in [-0.39, 0.29) is 18.0 Å². The SMILES string of the molecule is O=C(COc1ccc([N+](=O)[O-])cc1)N/N=C/c1cccc([N+](=O)[O-])c1. The van der Waals surface area contributed by atoms with Crippen LogP contribution in [-0.2, 0) is 4.79 Å². The molecule has 0 fully saturated rings. The first kappa shape index (κ1) is 17.5. The number of rotatable bonds is 7. The largest absolute Gasteiger partial charge is 0.484 e. The van der Waals surface area contributed by atoms with Crippen molar-refractivity contribution in [3.05, 3.63) is 74.3 Å². The van der Waals surface area contributed by atoms with Crippen LogP contribution >= 0.6 is 0 Å². The Hall–Kier alpha value is -3.82. The molecular weight excluding hydrogens is 332 g/mol. The van der Waals surface area contributed by atoms with Gasteiger partial charge in [0.15, 0.2) is 6.61 Å². The van der Waals surface area contributed by atoms with Crippen LogP contribution in [-0.4, -0.2) is 28.6 Å². The quantitative estimate of drug-likeness (QED) is 0.463. The van der Waals surface area contributed by atoms with Gasteiger partial charge in [-0.05, 0) is 12.1 Å². The van der Waals surface area contributed by atoms with Crippen LogP contribution in [0.5, 0.6) is 5.75 Å². The molecule has 25 heavy (non-hydrogen) atoms. The van der Waals surface area contributed by atoms with Crippen LogP contribution in [0.1, 0.15) is 5.56 Å². The Morgan fingerprint density at radius 3 is 2.40 bits per heavy atom. The van der Waals surface area contributed by atoms with E-state index in [9.17, 15) is 25.0 Å². The smallest absolute Gasteiger partial charge is 0.277 e. The number of nitrogens with zero attached hydrogens (tertiary/aromatic N) is 3. The third-order valence-electron chi connectivity index (χ3n) is 2.90. The highest BCUT2D eigenvalue weighted by molar-refractivity contribution is 5.83. The van der Waals surface area contributed by atoms with E-state index < -0.39 is 15.8 Å². The summed E-state index contributed by atoms with van der Waals surface area (Å²) in [5, 5.41) is 24.8. The first-order chi connectivity index (χ1) is 12.0. The van der Waals surface area contributed by atoms with Crippen molar-refractivity contribution in [3.63, 3.8) is 0 Å². The first-order valence-electron chi connectivity index (χ1n) is 6.89. The Morgan fingerprint density at radius 2 is 1.76 bits per heavy atom. The molecule has 0 bridgehead atoms. The topological polar surface area (TPSA) is 137 Å². The number of ether oxygens (including phenoxy) is 1. The molecule has 0 aliphatic rings. The first-order valence-corrected chi connectivity index (χ1v) is 6.89. The fraction of sp³-hybridized carbons (Fsp3) is 0.0667. The van der Waals surface area contributed by atoms with Crippen molar-refractivity contribution >= 4 is 23.5 Å². The van der Waals surface area contributed by atoms with E-state index >= 15 is 0 Å². The van der Waals surface area contributed by atoms with Crippen LogP contribution < -0.4 is 10.2 Å². The number of hydrazone groups is 1. The van der Waals surface area contributed by atoms with Crippen LogP contribution in [0.3, 0.4) is 0 Å². The van der Waals surface area contributed by atoms with Crippen LogP contribution in [0.25, 0.3) is 0 Å². The lowest BCUT2D eigenvalue weighted by molar-refractivity contribution is -0.385. The Balaban J connectivity index is 1.83. The predicted molar refractivity (Wildman–Crippen MR) is 87.4 cm³/mol. The summed E-state index contributed by atoms with van der Waals surface area (Å²) >= 11 is 0. The summed E-state index contributed by atoms with van der Waals surface area (Å²) in [5.74, 6) is -0.261. The van der Waals surface area contributed by atoms with Gasteiger partial charge >= 0.3 is 0 Å². The molecule has 0 unspecified atom stereocenters. The number of nitro groups is 2. The number of nitro benzene ring substituents is 2. The monoisotopic (exact) mass is 344 g/mol. The number of non-ortho nitro benzene ring substituents is 2. The highest BCUT2D eigenvalue weighted by Crippen LogP contribution is 2.17. The minimum Gasteiger partial charge on any atom is -0.484 e. The van der Waals surface area contributed by atoms with Crippen molar-refractivity contribution in [1.82, 2.24) is 5.43 Å². The molecule has 2 aromatic carbocycles. The van der Waals surface area contributed by atoms with E-state index in [1.807, 2.05) is 0 Å². The van der Waals surface area contributed by atoms with Gasteiger partial charge in [0.05, 0.1) is 16.1 Å². The third-order valence-corrected chi connectivity index (χ3v) is 2.90. The second-order valence-corrected chi connectivity index (χ2v) is 4.68. The minimum absolute atomic E-state index is 0.0849. The van der Waals surface area contributed by atoms with Gasteiger partial charge in [-0.25, -0.2) is 5.43 Å². The fourth-order valence-corrected chi connectivity index (χ4v) is 1.74. The van der Waals surface area contributed by atoms with Crippen LogP contribution in [0.15, 0.2) is 53.6 Å². The molecule has 0 spiro atoms. The molecule has 2 aromatic rings. The molecule has 0 heterocycles. The second-order valence-electron chi connectivity index (χ2n) is 4.68. The lowest BCUT2D eigenvalue weighted by Crippen LogP contribution is -2.24. The minimum atomic E-state index is -0.556. The van der Waals surface area contributed by atoms with Gasteiger partial charge in [-0.1, -0.05) is 12.1 Å². The van der Waals surface area contributed by atoms with E-state index in [1.165, 1.54) is 48.7 Å². The van der Waals surface area contributed by atoms with Gasteiger partial charge in [0, 0.05) is 29.8 Å². The number of benzene rings is 2. The van der Waals surface area contributed by atoms with Crippen molar-refractivity contribution < 1.29 is 19.4 Å². The van der Waals surface area contributed by atoms with Gasteiger partial charge in [0.2, 0.25) is 0 Å². The molecule has 0 radical (unpaired) electrons. The van der Waals surface area contributed by atoms with E-state index in [0.29, 0.717) is 11.3 Å². The van der Waals surface area contributed by atoms with Crippen molar-refractivity contribution in [1.29, 1.82) is 0 Å². The summed E-state index contributed by atoms with van der Waals surface area (Å²) in [6, 6.07) is 11.0. The van der Waals surface area contributed by atoms with Crippen molar-refractivity contribution in [2.45, 2.75) is 0 Å². The lowest BCUT2D eigenvalue weighted by Gasteiger charge is -2.04. The molecule has 128 valence electrons. The summed E-state index contributed by atoms with van der Waals surface area (Å²) in [6.07, 6.45) is 1.26.